The summed E-state index contributed by atoms with van der Waals surface area (Å²) in [5, 5.41) is 9.17. The molecule has 0 bridgehead atoms. The number of rotatable bonds is 3. The molecule has 0 spiro atoms. The molecule has 0 saturated heterocycles. The van der Waals surface area contributed by atoms with Crippen molar-refractivity contribution in [3.05, 3.63) is 72.3 Å². The van der Waals surface area contributed by atoms with Gasteiger partial charge in [-0.25, -0.2) is 0 Å². The second-order valence-corrected chi connectivity index (χ2v) is 5.28. The molecular weight excluding hydrogens is 272 g/mol. The van der Waals surface area contributed by atoms with Crippen LogP contribution in [0.25, 0.3) is 22.3 Å². The Kier molecular flexibility index (Phi) is 3.81. The number of anilines is 2. The van der Waals surface area contributed by atoms with Gasteiger partial charge in [-0.1, -0.05) is 42.5 Å². The number of nitrogens with two attached hydrogens (primary N) is 2. The van der Waals surface area contributed by atoms with Crippen LogP contribution < -0.4 is 11.5 Å². The molecule has 0 atom stereocenters. The van der Waals surface area contributed by atoms with E-state index in [0.29, 0.717) is 0 Å². The van der Waals surface area contributed by atoms with E-state index in [1.54, 1.807) is 0 Å². The number of aliphatic hydroxyl groups is 1. The average Bonchev–Trinajstić information content (AvgIpc) is 2.56. The highest BCUT2D eigenvalue weighted by Gasteiger charge is 2.08. The van der Waals surface area contributed by atoms with E-state index >= 15 is 0 Å². The van der Waals surface area contributed by atoms with Crippen molar-refractivity contribution in [1.29, 1.82) is 0 Å². The molecule has 0 aliphatic heterocycles. The van der Waals surface area contributed by atoms with Crippen molar-refractivity contribution >= 4 is 11.4 Å². The summed E-state index contributed by atoms with van der Waals surface area (Å²) >= 11 is 0. The van der Waals surface area contributed by atoms with Gasteiger partial charge in [0.05, 0.1) is 6.61 Å². The van der Waals surface area contributed by atoms with Gasteiger partial charge in [0.15, 0.2) is 0 Å². The second kappa shape index (κ2) is 5.92. The molecule has 3 rings (SSSR count). The molecule has 0 aromatic heterocycles. The second-order valence-electron chi connectivity index (χ2n) is 5.28. The van der Waals surface area contributed by atoms with Crippen LogP contribution in [0.5, 0.6) is 0 Å². The highest BCUT2D eigenvalue weighted by molar-refractivity contribution is 5.85. The molecule has 0 aliphatic carbocycles. The number of aliphatic hydroxyl groups excluding tert-OH is 1. The first-order valence-corrected chi connectivity index (χ1v) is 7.13. The molecule has 3 nitrogen and oxygen atoms in total. The lowest BCUT2D eigenvalue weighted by Gasteiger charge is -2.12. The molecule has 3 heteroatoms. The fourth-order valence-corrected chi connectivity index (χ4v) is 2.50. The molecular formula is C19H18N2O. The van der Waals surface area contributed by atoms with Gasteiger partial charge < -0.3 is 16.6 Å². The van der Waals surface area contributed by atoms with Gasteiger partial charge in [0.25, 0.3) is 0 Å². The molecule has 3 aromatic rings. The molecule has 110 valence electrons. The lowest BCUT2D eigenvalue weighted by Crippen LogP contribution is -1.91. The smallest absolute Gasteiger partial charge is 0.0681 e. The average molecular weight is 290 g/mol. The first-order chi connectivity index (χ1) is 10.7. The maximum atomic E-state index is 9.17. The first kappa shape index (κ1) is 14.2. The van der Waals surface area contributed by atoms with Crippen LogP contribution in [-0.2, 0) is 6.61 Å². The third-order valence-electron chi connectivity index (χ3n) is 3.71. The Hall–Kier alpha value is -2.78. The summed E-state index contributed by atoms with van der Waals surface area (Å²) in [6.45, 7) is 0.0437. The maximum absolute atomic E-state index is 9.17. The fourth-order valence-electron chi connectivity index (χ4n) is 2.50. The van der Waals surface area contributed by atoms with Crippen molar-refractivity contribution in [2.45, 2.75) is 6.61 Å². The number of hydrogen-bond donors (Lipinski definition) is 3. The standard InChI is InChI=1S/C19H18N2O/c20-16-7-5-14(6-8-16)18-10-9-17(21)11-19(18)15-3-1-13(12-22)2-4-15/h1-11,22H,12,20-21H2. The molecule has 0 radical (unpaired) electrons. The molecule has 0 amide bonds. The highest BCUT2D eigenvalue weighted by atomic mass is 16.3. The summed E-state index contributed by atoms with van der Waals surface area (Å²) < 4.78 is 0. The topological polar surface area (TPSA) is 72.3 Å². The van der Waals surface area contributed by atoms with E-state index in [1.807, 2.05) is 66.7 Å². The van der Waals surface area contributed by atoms with Crippen LogP contribution in [-0.4, -0.2) is 5.11 Å². The van der Waals surface area contributed by atoms with E-state index in [4.69, 9.17) is 16.6 Å². The molecule has 5 N–H and O–H groups in total. The van der Waals surface area contributed by atoms with Crippen molar-refractivity contribution in [3.63, 3.8) is 0 Å². The minimum Gasteiger partial charge on any atom is -0.399 e. The van der Waals surface area contributed by atoms with Crippen LogP contribution in [0.1, 0.15) is 5.56 Å². The molecule has 22 heavy (non-hydrogen) atoms. The molecule has 3 aromatic carbocycles. The lowest BCUT2D eigenvalue weighted by atomic mass is 9.93. The van der Waals surface area contributed by atoms with E-state index in [-0.39, 0.29) is 6.61 Å². The van der Waals surface area contributed by atoms with Gasteiger partial charge in [-0.2, -0.15) is 0 Å². The van der Waals surface area contributed by atoms with E-state index < -0.39 is 0 Å². The van der Waals surface area contributed by atoms with Gasteiger partial charge in [0, 0.05) is 11.4 Å². The summed E-state index contributed by atoms with van der Waals surface area (Å²) in [6.07, 6.45) is 0. The summed E-state index contributed by atoms with van der Waals surface area (Å²) in [7, 11) is 0. The predicted molar refractivity (Wildman–Crippen MR) is 92.1 cm³/mol. The van der Waals surface area contributed by atoms with Crippen molar-refractivity contribution < 1.29 is 5.11 Å². The maximum Gasteiger partial charge on any atom is 0.0681 e. The largest absolute Gasteiger partial charge is 0.399 e. The SMILES string of the molecule is Nc1ccc(-c2ccc(N)cc2-c2ccc(CO)cc2)cc1. The van der Waals surface area contributed by atoms with Gasteiger partial charge in [0.1, 0.15) is 0 Å². The molecule has 0 unspecified atom stereocenters. The first-order valence-electron chi connectivity index (χ1n) is 7.13. The van der Waals surface area contributed by atoms with Gasteiger partial charge >= 0.3 is 0 Å². The van der Waals surface area contributed by atoms with Crippen LogP contribution in [0.2, 0.25) is 0 Å². The van der Waals surface area contributed by atoms with Crippen LogP contribution in [0.3, 0.4) is 0 Å². The zero-order valence-electron chi connectivity index (χ0n) is 12.2. The number of hydrogen-bond acceptors (Lipinski definition) is 3. The van der Waals surface area contributed by atoms with Crippen LogP contribution in [0.15, 0.2) is 66.7 Å². The summed E-state index contributed by atoms with van der Waals surface area (Å²) in [6, 6.07) is 21.5. The Morgan fingerprint density at radius 3 is 1.82 bits per heavy atom. The van der Waals surface area contributed by atoms with Crippen LogP contribution >= 0.6 is 0 Å². The summed E-state index contributed by atoms with van der Waals surface area (Å²) in [5.41, 5.74) is 18.4. The Bertz CT molecular complexity index is 778. The molecule has 0 aliphatic rings. The minimum absolute atomic E-state index is 0.0437. The lowest BCUT2D eigenvalue weighted by molar-refractivity contribution is 0.282. The number of benzene rings is 3. The summed E-state index contributed by atoms with van der Waals surface area (Å²) in [5.74, 6) is 0. The third-order valence-corrected chi connectivity index (χ3v) is 3.71. The molecule has 0 saturated carbocycles. The van der Waals surface area contributed by atoms with Crippen LogP contribution in [0, 0.1) is 0 Å². The molecule has 0 fully saturated rings. The quantitative estimate of drug-likeness (QED) is 0.644. The van der Waals surface area contributed by atoms with Crippen molar-refractivity contribution in [1.82, 2.24) is 0 Å². The van der Waals surface area contributed by atoms with Gasteiger partial charge in [-0.3, -0.25) is 0 Å². The Morgan fingerprint density at radius 1 is 0.636 bits per heavy atom. The van der Waals surface area contributed by atoms with E-state index in [9.17, 15) is 0 Å². The monoisotopic (exact) mass is 290 g/mol. The summed E-state index contributed by atoms with van der Waals surface area (Å²) in [4.78, 5) is 0. The zero-order chi connectivity index (χ0) is 15.5. The Labute approximate surface area is 129 Å². The van der Waals surface area contributed by atoms with Crippen molar-refractivity contribution in [2.75, 3.05) is 11.5 Å². The predicted octanol–water partition coefficient (Wildman–Crippen LogP) is 3.68. The van der Waals surface area contributed by atoms with E-state index in [1.165, 1.54) is 0 Å². The van der Waals surface area contributed by atoms with Gasteiger partial charge in [-0.05, 0) is 52.1 Å². The van der Waals surface area contributed by atoms with E-state index in [0.717, 1.165) is 39.2 Å². The Balaban J connectivity index is 2.13. The zero-order valence-corrected chi connectivity index (χ0v) is 12.2. The van der Waals surface area contributed by atoms with Crippen molar-refractivity contribution in [3.8, 4) is 22.3 Å². The fraction of sp³-hybridized carbons (Fsp3) is 0.0526. The van der Waals surface area contributed by atoms with Crippen LogP contribution in [0.4, 0.5) is 11.4 Å². The van der Waals surface area contributed by atoms with Crippen molar-refractivity contribution in [2.24, 2.45) is 0 Å². The third kappa shape index (κ3) is 2.80. The highest BCUT2D eigenvalue weighted by Crippen LogP contribution is 2.34. The van der Waals surface area contributed by atoms with Gasteiger partial charge in [-0.15, -0.1) is 0 Å². The van der Waals surface area contributed by atoms with E-state index in [2.05, 4.69) is 0 Å². The Morgan fingerprint density at radius 2 is 1.18 bits per heavy atom. The molecule has 0 heterocycles. The minimum atomic E-state index is 0.0437. The van der Waals surface area contributed by atoms with Gasteiger partial charge in [0.2, 0.25) is 0 Å². The normalized spacial score (nSPS) is 10.6. The number of nitrogen functional groups attached to an aromatic ring is 2.